The van der Waals surface area contributed by atoms with E-state index in [0.29, 0.717) is 21.9 Å². The minimum absolute atomic E-state index is 0.0324. The van der Waals surface area contributed by atoms with E-state index in [2.05, 4.69) is 15.6 Å². The number of primary amides is 1. The Morgan fingerprint density at radius 2 is 1.97 bits per heavy atom. The van der Waals surface area contributed by atoms with Crippen LogP contribution >= 0.6 is 11.3 Å². The molecule has 1 atom stereocenters. The number of sulfone groups is 1. The van der Waals surface area contributed by atoms with Crippen LogP contribution in [0.25, 0.3) is 10.4 Å². The molecule has 1 unspecified atom stereocenters. The minimum Gasteiger partial charge on any atom is -0.386 e. The Morgan fingerprint density at radius 1 is 1.22 bits per heavy atom. The first kappa shape index (κ1) is 25.7. The molecule has 2 amide bonds. The second kappa shape index (κ2) is 9.60. The van der Waals surface area contributed by atoms with Crippen LogP contribution in [0.5, 0.6) is 0 Å². The summed E-state index contributed by atoms with van der Waals surface area (Å²) in [5.74, 6) is -1.64. The van der Waals surface area contributed by atoms with Gasteiger partial charge in [-0.3, -0.25) is 9.59 Å². The van der Waals surface area contributed by atoms with Crippen molar-refractivity contribution in [3.05, 3.63) is 65.1 Å². The molecule has 1 aliphatic rings. The minimum atomic E-state index is -3.15. The Hall–Kier alpha value is -3.35. The highest BCUT2D eigenvalue weighted by molar-refractivity contribution is 7.91. The number of nitrogens with zero attached hydrogens (tertiary/aromatic N) is 1. The number of thiophene rings is 1. The molecule has 3 heterocycles. The maximum Gasteiger partial charge on any atom is 0.270 e. The Kier molecular flexibility index (Phi) is 6.86. The number of nitrogens with one attached hydrogen (secondary N) is 2. The summed E-state index contributed by atoms with van der Waals surface area (Å²) in [5, 5.41) is 16.1. The molecule has 3 aromatic rings. The van der Waals surface area contributed by atoms with Gasteiger partial charge in [0.15, 0.2) is 9.84 Å². The summed E-state index contributed by atoms with van der Waals surface area (Å²) in [6.45, 7) is 3.10. The first-order valence-electron chi connectivity index (χ1n) is 11.0. The van der Waals surface area contributed by atoms with E-state index in [4.69, 9.17) is 5.73 Å². The van der Waals surface area contributed by atoms with Gasteiger partial charge in [-0.2, -0.15) is 0 Å². The normalized spacial score (nSPS) is 17.1. The molecule has 5 N–H and O–H groups in total. The molecule has 1 aromatic carbocycles. The predicted octanol–water partition coefficient (Wildman–Crippen LogP) is 2.94. The van der Waals surface area contributed by atoms with Gasteiger partial charge < -0.3 is 21.5 Å². The number of hydrogen-bond acceptors (Lipinski definition) is 8. The van der Waals surface area contributed by atoms with Gasteiger partial charge in [0.2, 0.25) is 0 Å². The van der Waals surface area contributed by atoms with E-state index in [1.54, 1.807) is 32.0 Å². The first-order valence-corrected chi connectivity index (χ1v) is 13.7. The van der Waals surface area contributed by atoms with E-state index in [0.717, 1.165) is 11.3 Å². The number of nitrogens with two attached hydrogens (primary N) is 1. The molecule has 0 radical (unpaired) electrons. The highest BCUT2D eigenvalue weighted by Gasteiger charge is 2.29. The number of halogens is 1. The lowest BCUT2D eigenvalue weighted by atomic mass is 9.96. The first-order chi connectivity index (χ1) is 16.8. The number of hydrogen-bond donors (Lipinski definition) is 4. The SMILES string of the molecule is CC(C)(O)c1ccc(-c2cc(C(N)=O)c(Nc3cccc(C(=O)NC4CCS(=O)(=O)C4)n3)s2)c(F)c1. The van der Waals surface area contributed by atoms with Gasteiger partial charge in [0, 0.05) is 16.5 Å². The topological polar surface area (TPSA) is 151 Å². The van der Waals surface area contributed by atoms with Crippen molar-refractivity contribution < 1.29 is 27.5 Å². The molecule has 4 rings (SSSR count). The fourth-order valence-corrected chi connectivity index (χ4v) is 6.58. The number of carbonyl (C=O) groups excluding carboxylic acids is 2. The lowest BCUT2D eigenvalue weighted by molar-refractivity contribution is 0.0782. The largest absolute Gasteiger partial charge is 0.386 e. The molecular weight excluding hydrogens is 507 g/mol. The number of anilines is 2. The fourth-order valence-electron chi connectivity index (χ4n) is 3.81. The second-order valence-corrected chi connectivity index (χ2v) is 12.4. The molecule has 190 valence electrons. The van der Waals surface area contributed by atoms with Crippen LogP contribution < -0.4 is 16.4 Å². The van der Waals surface area contributed by atoms with Crippen LogP contribution in [0.1, 0.15) is 46.7 Å². The summed E-state index contributed by atoms with van der Waals surface area (Å²) < 4.78 is 38.1. The quantitative estimate of drug-likeness (QED) is 0.365. The third-order valence-corrected chi connectivity index (χ3v) is 8.58. The van der Waals surface area contributed by atoms with Gasteiger partial charge in [0.1, 0.15) is 22.3 Å². The smallest absolute Gasteiger partial charge is 0.270 e. The van der Waals surface area contributed by atoms with E-state index in [9.17, 15) is 27.5 Å². The van der Waals surface area contributed by atoms with Gasteiger partial charge in [0.05, 0.1) is 22.7 Å². The number of benzene rings is 1. The monoisotopic (exact) mass is 532 g/mol. The number of amides is 2. The third-order valence-electron chi connectivity index (χ3n) is 5.73. The molecule has 0 saturated carbocycles. The molecule has 9 nitrogen and oxygen atoms in total. The van der Waals surface area contributed by atoms with Gasteiger partial charge >= 0.3 is 0 Å². The van der Waals surface area contributed by atoms with Crippen molar-refractivity contribution in [3.63, 3.8) is 0 Å². The van der Waals surface area contributed by atoms with Crippen LogP contribution in [0.2, 0.25) is 0 Å². The highest BCUT2D eigenvalue weighted by Crippen LogP contribution is 2.38. The van der Waals surface area contributed by atoms with Crippen molar-refractivity contribution in [2.24, 2.45) is 5.73 Å². The number of aliphatic hydroxyl groups is 1. The van der Waals surface area contributed by atoms with Crippen molar-refractivity contribution >= 4 is 43.8 Å². The number of rotatable bonds is 7. The Balaban J connectivity index is 1.58. The fraction of sp³-hybridized carbons (Fsp3) is 0.292. The van der Waals surface area contributed by atoms with E-state index in [1.807, 2.05) is 0 Å². The van der Waals surface area contributed by atoms with Gasteiger partial charge in [-0.1, -0.05) is 18.2 Å². The number of aromatic nitrogens is 1. The maximum atomic E-state index is 14.9. The summed E-state index contributed by atoms with van der Waals surface area (Å²) in [5.41, 5.74) is 5.15. The highest BCUT2D eigenvalue weighted by atomic mass is 32.2. The molecule has 1 fully saturated rings. The average Bonchev–Trinajstić information content (AvgIpc) is 3.35. The molecule has 1 saturated heterocycles. The van der Waals surface area contributed by atoms with Crippen LogP contribution in [0, 0.1) is 5.82 Å². The van der Waals surface area contributed by atoms with Crippen LogP contribution in [-0.2, 0) is 15.4 Å². The van der Waals surface area contributed by atoms with Crippen molar-refractivity contribution in [1.29, 1.82) is 0 Å². The summed E-state index contributed by atoms with van der Waals surface area (Å²) in [4.78, 5) is 29.4. The Morgan fingerprint density at radius 3 is 2.58 bits per heavy atom. The van der Waals surface area contributed by atoms with Gasteiger partial charge in [-0.15, -0.1) is 11.3 Å². The molecular formula is C24H25FN4O5S2. The maximum absolute atomic E-state index is 14.9. The van der Waals surface area contributed by atoms with Crippen molar-refractivity contribution in [3.8, 4) is 10.4 Å². The predicted molar refractivity (Wildman–Crippen MR) is 136 cm³/mol. The number of pyridine rings is 1. The molecule has 12 heteroatoms. The van der Waals surface area contributed by atoms with E-state index >= 15 is 0 Å². The Labute approximate surface area is 211 Å². The standard InChI is InChI=1S/C24H25FN4O5S2/c1-24(2,32)13-6-7-15(17(25)10-13)19-11-16(21(26)30)23(35-19)29-20-5-3-4-18(28-20)22(31)27-14-8-9-36(33,34)12-14/h3-7,10-11,14,32H,8-9,12H2,1-2H3,(H2,26,30)(H,27,31)(H,28,29). The number of carbonyl (C=O) groups is 2. The second-order valence-electron chi connectivity index (χ2n) is 9.08. The zero-order valence-corrected chi connectivity index (χ0v) is 21.2. The summed E-state index contributed by atoms with van der Waals surface area (Å²) in [6, 6.07) is 10.0. The third kappa shape index (κ3) is 5.72. The van der Waals surface area contributed by atoms with Crippen LogP contribution in [0.3, 0.4) is 0 Å². The molecule has 0 spiro atoms. The van der Waals surface area contributed by atoms with Gasteiger partial charge in [-0.05, 0) is 50.1 Å². The molecule has 2 aromatic heterocycles. The van der Waals surface area contributed by atoms with E-state index < -0.39 is 39.1 Å². The Bertz CT molecular complexity index is 1450. The molecule has 0 bridgehead atoms. The molecule has 0 aliphatic carbocycles. The zero-order valence-electron chi connectivity index (χ0n) is 19.5. The average molecular weight is 533 g/mol. The summed E-state index contributed by atoms with van der Waals surface area (Å²) in [7, 11) is -3.15. The van der Waals surface area contributed by atoms with E-state index in [-0.39, 0.29) is 34.1 Å². The zero-order chi connectivity index (χ0) is 26.3. The van der Waals surface area contributed by atoms with Crippen LogP contribution in [0.15, 0.2) is 42.5 Å². The van der Waals surface area contributed by atoms with Crippen molar-refractivity contribution in [1.82, 2.24) is 10.3 Å². The molecule has 36 heavy (non-hydrogen) atoms. The van der Waals surface area contributed by atoms with Crippen LogP contribution in [-0.4, -0.2) is 47.9 Å². The van der Waals surface area contributed by atoms with Gasteiger partial charge in [0.25, 0.3) is 11.8 Å². The van der Waals surface area contributed by atoms with Gasteiger partial charge in [-0.25, -0.2) is 17.8 Å². The lowest BCUT2D eigenvalue weighted by Crippen LogP contribution is -2.36. The summed E-state index contributed by atoms with van der Waals surface area (Å²) >= 11 is 1.08. The summed E-state index contributed by atoms with van der Waals surface area (Å²) in [6.07, 6.45) is 0.347. The van der Waals surface area contributed by atoms with Crippen molar-refractivity contribution in [2.75, 3.05) is 16.8 Å². The molecule has 1 aliphatic heterocycles. The lowest BCUT2D eigenvalue weighted by Gasteiger charge is -2.18. The van der Waals surface area contributed by atoms with Crippen LogP contribution in [0.4, 0.5) is 15.2 Å². The van der Waals surface area contributed by atoms with Crippen molar-refractivity contribution in [2.45, 2.75) is 31.9 Å². The van der Waals surface area contributed by atoms with E-state index in [1.165, 1.54) is 24.3 Å².